The molecule has 0 aliphatic heterocycles. The van der Waals surface area contributed by atoms with Gasteiger partial charge in [0.15, 0.2) is 5.69 Å². The van der Waals surface area contributed by atoms with Crippen molar-refractivity contribution in [2.75, 3.05) is 6.61 Å². The molecular formula is C21H18N2O2. The first-order chi connectivity index (χ1) is 12.2. The Hall–Kier alpha value is -3.40. The van der Waals surface area contributed by atoms with Crippen LogP contribution in [0, 0.1) is 0 Å². The number of esters is 1. The number of carbonyl (C=O) groups is 1. The van der Waals surface area contributed by atoms with E-state index in [9.17, 15) is 4.79 Å². The van der Waals surface area contributed by atoms with Crippen LogP contribution in [0.15, 0.2) is 86.1 Å². The summed E-state index contributed by atoms with van der Waals surface area (Å²) in [6.07, 6.45) is 3.33. The number of benzene rings is 2. The standard InChI is InChI=1S/C21H18N2O2/c1-3-14-25-21(24)20-19(18-12-8-5-9-13-18)15-23(22-20)16(2)17-10-6-4-7-11-17/h3-13,15H,1-2,14H2. The van der Waals surface area contributed by atoms with Crippen molar-refractivity contribution in [1.29, 1.82) is 0 Å². The number of ether oxygens (including phenoxy) is 1. The lowest BCUT2D eigenvalue weighted by molar-refractivity contribution is 0.0543. The predicted octanol–water partition coefficient (Wildman–Crippen LogP) is 4.41. The first kappa shape index (κ1) is 16.5. The Labute approximate surface area is 146 Å². The van der Waals surface area contributed by atoms with Gasteiger partial charge in [-0.25, -0.2) is 9.48 Å². The van der Waals surface area contributed by atoms with Gasteiger partial charge in [0.25, 0.3) is 0 Å². The molecule has 0 radical (unpaired) electrons. The lowest BCUT2D eigenvalue weighted by atomic mass is 10.1. The van der Waals surface area contributed by atoms with Crippen LogP contribution in [0.25, 0.3) is 16.8 Å². The number of hydrogen-bond donors (Lipinski definition) is 0. The Morgan fingerprint density at radius 1 is 1.08 bits per heavy atom. The normalized spacial score (nSPS) is 10.2. The SMILES string of the molecule is C=CCOC(=O)c1nn(C(=C)c2ccccc2)cc1-c1ccccc1. The van der Waals surface area contributed by atoms with Crippen LogP contribution in [-0.2, 0) is 4.74 Å². The molecular weight excluding hydrogens is 312 g/mol. The second-order valence-electron chi connectivity index (χ2n) is 5.40. The number of rotatable bonds is 6. The second-order valence-corrected chi connectivity index (χ2v) is 5.40. The van der Waals surface area contributed by atoms with Gasteiger partial charge in [-0.3, -0.25) is 0 Å². The van der Waals surface area contributed by atoms with Crippen molar-refractivity contribution in [3.63, 3.8) is 0 Å². The first-order valence-electron chi connectivity index (χ1n) is 7.88. The molecule has 0 amide bonds. The average molecular weight is 330 g/mol. The van der Waals surface area contributed by atoms with Gasteiger partial charge in [-0.2, -0.15) is 5.10 Å². The molecule has 1 heterocycles. The van der Waals surface area contributed by atoms with E-state index in [2.05, 4.69) is 18.3 Å². The zero-order valence-corrected chi connectivity index (χ0v) is 13.8. The maximum absolute atomic E-state index is 12.4. The average Bonchev–Trinajstić information content (AvgIpc) is 3.12. The molecule has 3 rings (SSSR count). The summed E-state index contributed by atoms with van der Waals surface area (Å²) in [5.74, 6) is -0.488. The monoisotopic (exact) mass is 330 g/mol. The van der Waals surface area contributed by atoms with Crippen LogP contribution >= 0.6 is 0 Å². The fourth-order valence-electron chi connectivity index (χ4n) is 2.46. The highest BCUT2D eigenvalue weighted by atomic mass is 16.5. The molecule has 0 N–H and O–H groups in total. The molecule has 0 saturated heterocycles. The molecule has 4 nitrogen and oxygen atoms in total. The van der Waals surface area contributed by atoms with Gasteiger partial charge < -0.3 is 4.74 Å². The quantitative estimate of drug-likeness (QED) is 0.497. The summed E-state index contributed by atoms with van der Waals surface area (Å²) >= 11 is 0. The van der Waals surface area contributed by atoms with E-state index in [1.54, 1.807) is 10.9 Å². The predicted molar refractivity (Wildman–Crippen MR) is 99.0 cm³/mol. The fraction of sp³-hybridized carbons (Fsp3) is 0.0476. The Morgan fingerprint density at radius 2 is 1.72 bits per heavy atom. The highest BCUT2D eigenvalue weighted by molar-refractivity contribution is 5.95. The largest absolute Gasteiger partial charge is 0.457 e. The number of hydrogen-bond acceptors (Lipinski definition) is 3. The highest BCUT2D eigenvalue weighted by Crippen LogP contribution is 2.26. The van der Waals surface area contributed by atoms with Gasteiger partial charge in [-0.05, 0) is 11.1 Å². The second kappa shape index (κ2) is 7.45. The van der Waals surface area contributed by atoms with Gasteiger partial charge in [-0.1, -0.05) is 79.9 Å². The number of nitrogens with zero attached hydrogens (tertiary/aromatic N) is 2. The molecule has 0 bridgehead atoms. The van der Waals surface area contributed by atoms with E-state index in [0.29, 0.717) is 11.3 Å². The molecule has 0 saturated carbocycles. The van der Waals surface area contributed by atoms with Crippen molar-refractivity contribution in [1.82, 2.24) is 9.78 Å². The maximum Gasteiger partial charge on any atom is 0.359 e. The van der Waals surface area contributed by atoms with Crippen LogP contribution in [0.5, 0.6) is 0 Å². The van der Waals surface area contributed by atoms with Gasteiger partial charge in [0.2, 0.25) is 0 Å². The molecule has 2 aromatic carbocycles. The van der Waals surface area contributed by atoms with E-state index in [4.69, 9.17) is 4.74 Å². The minimum atomic E-state index is -0.488. The van der Waals surface area contributed by atoms with Crippen molar-refractivity contribution in [3.8, 4) is 11.1 Å². The van der Waals surface area contributed by atoms with Gasteiger partial charge in [0, 0.05) is 11.8 Å². The van der Waals surface area contributed by atoms with E-state index >= 15 is 0 Å². The summed E-state index contributed by atoms with van der Waals surface area (Å²) in [7, 11) is 0. The van der Waals surface area contributed by atoms with Crippen molar-refractivity contribution < 1.29 is 9.53 Å². The molecule has 0 aliphatic rings. The molecule has 0 aliphatic carbocycles. The van der Waals surface area contributed by atoms with E-state index in [1.807, 2.05) is 60.7 Å². The summed E-state index contributed by atoms with van der Waals surface area (Å²) in [5, 5.41) is 4.42. The van der Waals surface area contributed by atoms with Gasteiger partial charge in [0.05, 0.1) is 5.70 Å². The van der Waals surface area contributed by atoms with Crippen LogP contribution in [0.2, 0.25) is 0 Å². The Balaban J connectivity index is 2.04. The Bertz CT molecular complexity index is 896. The molecule has 0 atom stereocenters. The van der Waals surface area contributed by atoms with Crippen LogP contribution in [0.4, 0.5) is 0 Å². The van der Waals surface area contributed by atoms with Crippen LogP contribution in [0.3, 0.4) is 0 Å². The first-order valence-corrected chi connectivity index (χ1v) is 7.88. The summed E-state index contributed by atoms with van der Waals surface area (Å²) in [4.78, 5) is 12.4. The van der Waals surface area contributed by atoms with Crippen LogP contribution in [-0.4, -0.2) is 22.4 Å². The smallest absolute Gasteiger partial charge is 0.359 e. The number of aromatic nitrogens is 2. The van der Waals surface area contributed by atoms with E-state index in [1.165, 1.54) is 6.08 Å². The third-order valence-corrected chi connectivity index (χ3v) is 3.71. The summed E-state index contributed by atoms with van der Waals surface area (Å²) in [6.45, 7) is 7.80. The van der Waals surface area contributed by atoms with E-state index in [0.717, 1.165) is 11.1 Å². The van der Waals surface area contributed by atoms with Gasteiger partial charge in [-0.15, -0.1) is 0 Å². The molecule has 3 aromatic rings. The summed E-state index contributed by atoms with van der Waals surface area (Å²) < 4.78 is 6.79. The highest BCUT2D eigenvalue weighted by Gasteiger charge is 2.20. The van der Waals surface area contributed by atoms with Gasteiger partial charge >= 0.3 is 5.97 Å². The minimum absolute atomic E-state index is 0.138. The number of carbonyl (C=O) groups excluding carboxylic acids is 1. The molecule has 4 heteroatoms. The van der Waals surface area contributed by atoms with Crippen molar-refractivity contribution in [2.24, 2.45) is 0 Å². The van der Waals surface area contributed by atoms with Crippen molar-refractivity contribution >= 4 is 11.7 Å². The van der Waals surface area contributed by atoms with Crippen LogP contribution in [0.1, 0.15) is 16.1 Å². The maximum atomic E-state index is 12.4. The third-order valence-electron chi connectivity index (χ3n) is 3.71. The lowest BCUT2D eigenvalue weighted by Crippen LogP contribution is -2.08. The van der Waals surface area contributed by atoms with Gasteiger partial charge in [0.1, 0.15) is 6.61 Å². The minimum Gasteiger partial charge on any atom is -0.457 e. The molecule has 0 fully saturated rings. The van der Waals surface area contributed by atoms with Crippen molar-refractivity contribution in [3.05, 3.63) is 97.4 Å². The Morgan fingerprint density at radius 3 is 2.36 bits per heavy atom. The third kappa shape index (κ3) is 3.58. The zero-order chi connectivity index (χ0) is 17.6. The molecule has 124 valence electrons. The molecule has 1 aromatic heterocycles. The fourth-order valence-corrected chi connectivity index (χ4v) is 2.46. The topological polar surface area (TPSA) is 44.1 Å². The van der Waals surface area contributed by atoms with E-state index < -0.39 is 5.97 Å². The van der Waals surface area contributed by atoms with Crippen LogP contribution < -0.4 is 0 Å². The zero-order valence-electron chi connectivity index (χ0n) is 13.8. The molecule has 0 spiro atoms. The van der Waals surface area contributed by atoms with Crippen molar-refractivity contribution in [2.45, 2.75) is 0 Å². The Kier molecular flexibility index (Phi) is 4.90. The lowest BCUT2D eigenvalue weighted by Gasteiger charge is -2.05. The summed E-state index contributed by atoms with van der Waals surface area (Å²) in [6, 6.07) is 19.3. The summed E-state index contributed by atoms with van der Waals surface area (Å²) in [5.41, 5.74) is 3.45. The molecule has 25 heavy (non-hydrogen) atoms. The van der Waals surface area contributed by atoms with E-state index in [-0.39, 0.29) is 12.3 Å². The molecule has 0 unspecified atom stereocenters.